The van der Waals surface area contributed by atoms with Gasteiger partial charge in [-0.1, -0.05) is 33.3 Å². The molecule has 0 amide bonds. The van der Waals surface area contributed by atoms with Crippen molar-refractivity contribution >= 4 is 26.0 Å². The van der Waals surface area contributed by atoms with Gasteiger partial charge < -0.3 is 0 Å². The van der Waals surface area contributed by atoms with Crippen LogP contribution in [0.2, 0.25) is 0 Å². The van der Waals surface area contributed by atoms with Crippen LogP contribution in [-0.2, 0) is 16.6 Å². The van der Waals surface area contributed by atoms with Crippen LogP contribution in [0.5, 0.6) is 0 Å². The third-order valence-electron chi connectivity index (χ3n) is 2.99. The molecule has 0 saturated carbocycles. The molecular weight excluding hydrogens is 356 g/mol. The maximum atomic E-state index is 12.1. The van der Waals surface area contributed by atoms with Crippen LogP contribution < -0.4 is 0 Å². The molecule has 0 spiro atoms. The Labute approximate surface area is 132 Å². The summed E-state index contributed by atoms with van der Waals surface area (Å²) >= 11 is 3.43. The largest absolute Gasteiger partial charge is 0.248 e. The molecule has 0 fully saturated rings. The highest BCUT2D eigenvalue weighted by molar-refractivity contribution is 9.09. The Hall–Kier alpha value is -1.25. The number of aromatic nitrogens is 3. The van der Waals surface area contributed by atoms with E-state index in [0.717, 1.165) is 11.3 Å². The molecule has 0 aliphatic carbocycles. The molecule has 6 nitrogen and oxygen atoms in total. The summed E-state index contributed by atoms with van der Waals surface area (Å²) < 4.78 is 27.1. The number of halogens is 1. The molecule has 2 rings (SSSR count). The Balaban J connectivity index is 2.25. The van der Waals surface area contributed by atoms with Gasteiger partial charge in [0.25, 0.3) is 0 Å². The fourth-order valence-electron chi connectivity index (χ4n) is 1.78. The molecule has 1 atom stereocenters. The smallest absolute Gasteiger partial charge is 0.242 e. The normalized spacial score (nSPS) is 13.6. The van der Waals surface area contributed by atoms with Gasteiger partial charge >= 0.3 is 0 Å². The zero-order valence-corrected chi connectivity index (χ0v) is 14.5. The number of hydrogen-bond acceptors (Lipinski definition) is 4. The lowest BCUT2D eigenvalue weighted by Gasteiger charge is -2.12. The molecular formula is C13H17BrN4O2S. The average molecular weight is 373 g/mol. The topological polar surface area (TPSA) is 68.1 Å². The summed E-state index contributed by atoms with van der Waals surface area (Å²) in [6, 6.07) is 6.85. The molecule has 0 aliphatic rings. The molecule has 8 heteroatoms. The molecule has 0 aliphatic heterocycles. The van der Waals surface area contributed by atoms with Gasteiger partial charge in [-0.15, -0.1) is 5.10 Å². The van der Waals surface area contributed by atoms with Crippen LogP contribution in [0.4, 0.5) is 0 Å². The van der Waals surface area contributed by atoms with Crippen LogP contribution >= 0.6 is 15.9 Å². The maximum absolute atomic E-state index is 12.1. The quantitative estimate of drug-likeness (QED) is 0.753. The Morgan fingerprint density at radius 3 is 2.67 bits per heavy atom. The second-order valence-electron chi connectivity index (χ2n) is 4.89. The van der Waals surface area contributed by atoms with Gasteiger partial charge in [0.2, 0.25) is 10.0 Å². The van der Waals surface area contributed by atoms with Gasteiger partial charge in [0.1, 0.15) is 0 Å². The van der Waals surface area contributed by atoms with E-state index in [0.29, 0.717) is 6.54 Å². The van der Waals surface area contributed by atoms with E-state index >= 15 is 0 Å². The second kappa shape index (κ2) is 6.25. The number of hydrogen-bond donors (Lipinski definition) is 0. The van der Waals surface area contributed by atoms with Crippen molar-refractivity contribution in [3.8, 4) is 0 Å². The Morgan fingerprint density at radius 2 is 2.10 bits per heavy atom. The predicted molar refractivity (Wildman–Crippen MR) is 83.8 cm³/mol. The first-order valence-electron chi connectivity index (χ1n) is 6.36. The summed E-state index contributed by atoms with van der Waals surface area (Å²) in [5, 5.41) is 8.09. The van der Waals surface area contributed by atoms with E-state index in [1.165, 1.54) is 18.4 Å². The zero-order chi connectivity index (χ0) is 15.6. The van der Waals surface area contributed by atoms with E-state index in [1.54, 1.807) is 22.9 Å². The van der Waals surface area contributed by atoms with Crippen LogP contribution in [0.3, 0.4) is 0 Å². The Bertz CT molecular complexity index is 725. The van der Waals surface area contributed by atoms with E-state index in [-0.39, 0.29) is 9.72 Å². The summed E-state index contributed by atoms with van der Waals surface area (Å²) in [6.07, 6.45) is 1.84. The number of rotatable bonds is 5. The van der Waals surface area contributed by atoms with Gasteiger partial charge in [0.15, 0.2) is 0 Å². The van der Waals surface area contributed by atoms with Crippen molar-refractivity contribution in [1.82, 2.24) is 19.3 Å². The predicted octanol–water partition coefficient (Wildman–Crippen LogP) is 2.03. The minimum atomic E-state index is -3.42. The van der Waals surface area contributed by atoms with Crippen molar-refractivity contribution in [1.29, 1.82) is 0 Å². The van der Waals surface area contributed by atoms with Crippen LogP contribution in [-0.4, -0.2) is 41.8 Å². The monoisotopic (exact) mass is 372 g/mol. The fraction of sp³-hybridized carbons (Fsp3) is 0.385. The van der Waals surface area contributed by atoms with Crippen LogP contribution in [0.25, 0.3) is 0 Å². The lowest BCUT2D eigenvalue weighted by molar-refractivity contribution is 0.520. The molecule has 0 N–H and O–H groups in total. The van der Waals surface area contributed by atoms with Crippen LogP contribution in [0, 0.1) is 0 Å². The van der Waals surface area contributed by atoms with Crippen molar-refractivity contribution < 1.29 is 8.42 Å². The van der Waals surface area contributed by atoms with E-state index < -0.39 is 10.0 Å². The highest BCUT2D eigenvalue weighted by Crippen LogP contribution is 2.19. The van der Waals surface area contributed by atoms with E-state index in [1.807, 2.05) is 19.2 Å². The first-order valence-corrected chi connectivity index (χ1v) is 8.72. The second-order valence-corrected chi connectivity index (χ2v) is 8.42. The third-order valence-corrected chi connectivity index (χ3v) is 5.27. The molecule has 1 heterocycles. The van der Waals surface area contributed by atoms with Crippen molar-refractivity contribution in [2.75, 3.05) is 14.1 Å². The molecule has 0 saturated heterocycles. The maximum Gasteiger partial charge on any atom is 0.242 e. The van der Waals surface area contributed by atoms with Crippen LogP contribution in [0.1, 0.15) is 23.0 Å². The van der Waals surface area contributed by atoms with E-state index in [9.17, 15) is 8.42 Å². The molecule has 1 aromatic heterocycles. The Morgan fingerprint density at radius 1 is 1.38 bits per heavy atom. The summed E-state index contributed by atoms with van der Waals surface area (Å²) in [5.74, 6) is 0. The first-order chi connectivity index (χ1) is 9.80. The van der Waals surface area contributed by atoms with Crippen molar-refractivity contribution in [3.63, 3.8) is 0 Å². The third kappa shape index (κ3) is 3.69. The minimum Gasteiger partial charge on any atom is -0.248 e. The van der Waals surface area contributed by atoms with Crippen LogP contribution in [0.15, 0.2) is 35.4 Å². The van der Waals surface area contributed by atoms with Gasteiger partial charge in [-0.3, -0.25) is 0 Å². The SMILES string of the molecule is CC(Br)c1cn(Cc2cccc(S(=O)(=O)N(C)C)c2)nn1. The number of sulfonamides is 1. The molecule has 21 heavy (non-hydrogen) atoms. The van der Waals surface area contributed by atoms with E-state index in [2.05, 4.69) is 26.2 Å². The molecule has 1 aromatic carbocycles. The summed E-state index contributed by atoms with van der Waals surface area (Å²) in [5.41, 5.74) is 1.70. The number of nitrogens with zero attached hydrogens (tertiary/aromatic N) is 4. The lowest BCUT2D eigenvalue weighted by Crippen LogP contribution is -2.22. The minimum absolute atomic E-state index is 0.131. The average Bonchev–Trinajstić information content (AvgIpc) is 2.87. The standard InChI is InChI=1S/C13H17BrN4O2S/c1-10(14)13-9-18(16-15-13)8-11-5-4-6-12(7-11)21(19,20)17(2)3/h4-7,9-10H,8H2,1-3H3. The zero-order valence-electron chi connectivity index (χ0n) is 12.1. The molecule has 2 aromatic rings. The fourth-order valence-corrected chi connectivity index (χ4v) is 2.96. The lowest BCUT2D eigenvalue weighted by atomic mass is 10.2. The summed E-state index contributed by atoms with van der Waals surface area (Å²) in [4.78, 5) is 0.408. The number of benzene rings is 1. The highest BCUT2D eigenvalue weighted by atomic mass is 79.9. The van der Waals surface area contributed by atoms with Gasteiger partial charge in [0, 0.05) is 20.3 Å². The molecule has 0 radical (unpaired) electrons. The molecule has 114 valence electrons. The van der Waals surface area contributed by atoms with Gasteiger partial charge in [-0.25, -0.2) is 17.4 Å². The van der Waals surface area contributed by atoms with Gasteiger partial charge in [0.05, 0.1) is 22.0 Å². The van der Waals surface area contributed by atoms with Crippen molar-refractivity contribution in [2.45, 2.75) is 23.2 Å². The Kier molecular flexibility index (Phi) is 4.80. The first kappa shape index (κ1) is 16.1. The van der Waals surface area contributed by atoms with Crippen molar-refractivity contribution in [3.05, 3.63) is 41.7 Å². The summed E-state index contributed by atoms with van der Waals surface area (Å²) in [6.45, 7) is 2.45. The molecule has 0 bridgehead atoms. The molecule has 1 unspecified atom stereocenters. The number of alkyl halides is 1. The summed E-state index contributed by atoms with van der Waals surface area (Å²) in [7, 11) is -0.385. The van der Waals surface area contributed by atoms with E-state index in [4.69, 9.17) is 0 Å². The highest BCUT2D eigenvalue weighted by Gasteiger charge is 2.17. The van der Waals surface area contributed by atoms with Gasteiger partial charge in [-0.05, 0) is 24.6 Å². The van der Waals surface area contributed by atoms with Gasteiger partial charge in [-0.2, -0.15) is 0 Å². The van der Waals surface area contributed by atoms with Crippen molar-refractivity contribution in [2.24, 2.45) is 0 Å².